The summed E-state index contributed by atoms with van der Waals surface area (Å²) in [6, 6.07) is 9.24. The van der Waals surface area contributed by atoms with Gasteiger partial charge in [0.25, 0.3) is 0 Å². The van der Waals surface area contributed by atoms with Crippen molar-refractivity contribution < 1.29 is 0 Å². The Hall–Kier alpha value is -1.61. The number of nitrogens with one attached hydrogen (secondary N) is 1. The van der Waals surface area contributed by atoms with Crippen LogP contribution >= 0.6 is 0 Å². The standard InChI is InChI=1S/C17H25N3/c1-4-10-18-17(16-7-5-6-14(2)11-16)9-8-15-12-19-20(3)13-15/h5-7,11-13,17-18H,4,8-10H2,1-3H3. The molecule has 1 N–H and O–H groups in total. The van der Waals surface area contributed by atoms with E-state index in [4.69, 9.17) is 0 Å². The molecule has 0 fully saturated rings. The van der Waals surface area contributed by atoms with E-state index in [0.717, 1.165) is 25.8 Å². The SMILES string of the molecule is CCCNC(CCc1cnn(C)c1)c1cccc(C)c1. The van der Waals surface area contributed by atoms with Crippen LogP contribution in [0.4, 0.5) is 0 Å². The molecular formula is C17H25N3. The Labute approximate surface area is 122 Å². The molecule has 0 aliphatic rings. The van der Waals surface area contributed by atoms with Gasteiger partial charge in [0.15, 0.2) is 0 Å². The largest absolute Gasteiger partial charge is 0.310 e. The summed E-state index contributed by atoms with van der Waals surface area (Å²) < 4.78 is 1.87. The molecule has 2 rings (SSSR count). The molecule has 0 aliphatic heterocycles. The fraction of sp³-hybridized carbons (Fsp3) is 0.471. The predicted octanol–water partition coefficient (Wildman–Crippen LogP) is 3.40. The lowest BCUT2D eigenvalue weighted by atomic mass is 9.98. The van der Waals surface area contributed by atoms with Gasteiger partial charge in [0.05, 0.1) is 6.20 Å². The van der Waals surface area contributed by atoms with Crippen LogP contribution in [-0.2, 0) is 13.5 Å². The molecule has 1 unspecified atom stereocenters. The number of nitrogens with zero attached hydrogens (tertiary/aromatic N) is 2. The van der Waals surface area contributed by atoms with Crippen molar-refractivity contribution in [2.75, 3.05) is 6.54 Å². The highest BCUT2D eigenvalue weighted by atomic mass is 15.2. The molecule has 0 saturated heterocycles. The van der Waals surface area contributed by atoms with E-state index < -0.39 is 0 Å². The van der Waals surface area contributed by atoms with Crippen LogP contribution < -0.4 is 5.32 Å². The highest BCUT2D eigenvalue weighted by Crippen LogP contribution is 2.20. The minimum absolute atomic E-state index is 0.426. The average Bonchev–Trinajstić information content (AvgIpc) is 2.85. The summed E-state index contributed by atoms with van der Waals surface area (Å²) in [6.45, 7) is 5.43. The second-order valence-corrected chi connectivity index (χ2v) is 5.48. The zero-order valence-corrected chi connectivity index (χ0v) is 12.8. The molecule has 108 valence electrons. The fourth-order valence-electron chi connectivity index (χ4n) is 2.50. The van der Waals surface area contributed by atoms with Crippen molar-refractivity contribution in [3.63, 3.8) is 0 Å². The van der Waals surface area contributed by atoms with E-state index in [9.17, 15) is 0 Å². The van der Waals surface area contributed by atoms with Gasteiger partial charge < -0.3 is 5.32 Å². The molecule has 0 radical (unpaired) electrons. The summed E-state index contributed by atoms with van der Waals surface area (Å²) in [7, 11) is 1.97. The van der Waals surface area contributed by atoms with E-state index in [0.29, 0.717) is 6.04 Å². The Morgan fingerprint density at radius 1 is 1.35 bits per heavy atom. The van der Waals surface area contributed by atoms with Crippen LogP contribution in [0, 0.1) is 6.92 Å². The quantitative estimate of drug-likeness (QED) is 0.836. The van der Waals surface area contributed by atoms with Crippen molar-refractivity contribution >= 4 is 0 Å². The summed E-state index contributed by atoms with van der Waals surface area (Å²) in [5.74, 6) is 0. The Bertz CT molecular complexity index is 531. The number of hydrogen-bond acceptors (Lipinski definition) is 2. The molecule has 0 amide bonds. The molecule has 1 atom stereocenters. The molecule has 0 aliphatic carbocycles. The van der Waals surface area contributed by atoms with E-state index in [1.54, 1.807) is 0 Å². The molecule has 2 aromatic rings. The minimum Gasteiger partial charge on any atom is -0.310 e. The van der Waals surface area contributed by atoms with E-state index >= 15 is 0 Å². The molecular weight excluding hydrogens is 246 g/mol. The van der Waals surface area contributed by atoms with Crippen LogP contribution in [-0.4, -0.2) is 16.3 Å². The first kappa shape index (κ1) is 14.8. The van der Waals surface area contributed by atoms with Gasteiger partial charge in [-0.3, -0.25) is 4.68 Å². The average molecular weight is 271 g/mol. The molecule has 3 nitrogen and oxygen atoms in total. The third kappa shape index (κ3) is 4.20. The van der Waals surface area contributed by atoms with Gasteiger partial charge in [0.1, 0.15) is 0 Å². The van der Waals surface area contributed by atoms with Gasteiger partial charge in [-0.25, -0.2) is 0 Å². The molecule has 1 aromatic carbocycles. The summed E-state index contributed by atoms with van der Waals surface area (Å²) in [5.41, 5.74) is 4.03. The minimum atomic E-state index is 0.426. The Morgan fingerprint density at radius 2 is 2.20 bits per heavy atom. The lowest BCUT2D eigenvalue weighted by Gasteiger charge is -2.19. The zero-order chi connectivity index (χ0) is 14.4. The van der Waals surface area contributed by atoms with Crippen LogP contribution in [0.25, 0.3) is 0 Å². The molecule has 20 heavy (non-hydrogen) atoms. The van der Waals surface area contributed by atoms with Crippen molar-refractivity contribution in [1.82, 2.24) is 15.1 Å². The van der Waals surface area contributed by atoms with E-state index in [1.807, 2.05) is 17.9 Å². The van der Waals surface area contributed by atoms with Crippen LogP contribution in [0.5, 0.6) is 0 Å². The normalized spacial score (nSPS) is 12.6. The first-order chi connectivity index (χ1) is 9.69. The summed E-state index contributed by atoms with van der Waals surface area (Å²) in [6.07, 6.45) is 7.40. The first-order valence-corrected chi connectivity index (χ1v) is 7.46. The van der Waals surface area contributed by atoms with Gasteiger partial charge in [-0.2, -0.15) is 5.10 Å². The lowest BCUT2D eigenvalue weighted by Crippen LogP contribution is -2.22. The Kier molecular flexibility index (Phi) is 5.36. The second-order valence-electron chi connectivity index (χ2n) is 5.48. The topological polar surface area (TPSA) is 29.9 Å². The first-order valence-electron chi connectivity index (χ1n) is 7.46. The number of rotatable bonds is 7. The molecule has 0 spiro atoms. The third-order valence-electron chi connectivity index (χ3n) is 3.57. The van der Waals surface area contributed by atoms with Gasteiger partial charge in [-0.1, -0.05) is 36.8 Å². The number of aryl methyl sites for hydroxylation is 3. The second kappa shape index (κ2) is 7.25. The van der Waals surface area contributed by atoms with Crippen molar-refractivity contribution in [3.8, 4) is 0 Å². The summed E-state index contributed by atoms with van der Waals surface area (Å²) in [5, 5.41) is 7.90. The van der Waals surface area contributed by atoms with E-state index in [-0.39, 0.29) is 0 Å². The van der Waals surface area contributed by atoms with Crippen LogP contribution in [0.1, 0.15) is 42.5 Å². The molecule has 1 heterocycles. The zero-order valence-electron chi connectivity index (χ0n) is 12.8. The van der Waals surface area contributed by atoms with Crippen molar-refractivity contribution in [2.45, 2.75) is 39.2 Å². The molecule has 0 saturated carbocycles. The van der Waals surface area contributed by atoms with E-state index in [1.165, 1.54) is 16.7 Å². The van der Waals surface area contributed by atoms with Crippen molar-refractivity contribution in [2.24, 2.45) is 7.05 Å². The number of benzene rings is 1. The van der Waals surface area contributed by atoms with Gasteiger partial charge in [0, 0.05) is 19.3 Å². The van der Waals surface area contributed by atoms with Crippen LogP contribution in [0.2, 0.25) is 0 Å². The smallest absolute Gasteiger partial charge is 0.0521 e. The molecule has 1 aromatic heterocycles. The van der Waals surface area contributed by atoms with Crippen molar-refractivity contribution in [3.05, 3.63) is 53.3 Å². The lowest BCUT2D eigenvalue weighted by molar-refractivity contribution is 0.499. The maximum atomic E-state index is 4.24. The molecule has 0 bridgehead atoms. The van der Waals surface area contributed by atoms with Crippen LogP contribution in [0.15, 0.2) is 36.7 Å². The highest BCUT2D eigenvalue weighted by molar-refractivity contribution is 5.25. The van der Waals surface area contributed by atoms with E-state index in [2.05, 4.69) is 54.7 Å². The van der Waals surface area contributed by atoms with Gasteiger partial charge in [0.2, 0.25) is 0 Å². The Balaban J connectivity index is 2.03. The maximum absolute atomic E-state index is 4.24. The Morgan fingerprint density at radius 3 is 2.85 bits per heavy atom. The van der Waals surface area contributed by atoms with Crippen molar-refractivity contribution in [1.29, 1.82) is 0 Å². The van der Waals surface area contributed by atoms with Gasteiger partial charge in [-0.15, -0.1) is 0 Å². The maximum Gasteiger partial charge on any atom is 0.0521 e. The van der Waals surface area contributed by atoms with Crippen LogP contribution in [0.3, 0.4) is 0 Å². The number of hydrogen-bond donors (Lipinski definition) is 1. The highest BCUT2D eigenvalue weighted by Gasteiger charge is 2.11. The monoisotopic (exact) mass is 271 g/mol. The van der Waals surface area contributed by atoms with Gasteiger partial charge in [-0.05, 0) is 43.9 Å². The predicted molar refractivity (Wildman–Crippen MR) is 83.7 cm³/mol. The fourth-order valence-corrected chi connectivity index (χ4v) is 2.50. The summed E-state index contributed by atoms with van der Waals surface area (Å²) in [4.78, 5) is 0. The number of aromatic nitrogens is 2. The summed E-state index contributed by atoms with van der Waals surface area (Å²) >= 11 is 0. The molecule has 3 heteroatoms. The third-order valence-corrected chi connectivity index (χ3v) is 3.57. The van der Waals surface area contributed by atoms with Gasteiger partial charge >= 0.3 is 0 Å².